The van der Waals surface area contributed by atoms with Gasteiger partial charge in [-0.25, -0.2) is 0 Å². The molecule has 0 spiro atoms. The third-order valence-electron chi connectivity index (χ3n) is 12.4. The van der Waals surface area contributed by atoms with Gasteiger partial charge in [-0.2, -0.15) is 10.5 Å². The van der Waals surface area contributed by atoms with Crippen LogP contribution in [0.25, 0.3) is 120 Å². The lowest BCUT2D eigenvalue weighted by atomic mass is 9.82. The van der Waals surface area contributed by atoms with Gasteiger partial charge >= 0.3 is 0 Å². The average Bonchev–Trinajstić information content (AvgIpc) is 3.80. The van der Waals surface area contributed by atoms with Crippen LogP contribution in [0.1, 0.15) is 11.1 Å². The zero-order valence-electron chi connectivity index (χ0n) is 31.2. The van der Waals surface area contributed by atoms with Crippen LogP contribution in [0.5, 0.6) is 0 Å². The van der Waals surface area contributed by atoms with E-state index in [1.54, 1.807) is 0 Å². The van der Waals surface area contributed by atoms with Gasteiger partial charge in [-0.05, 0) is 133 Å². The van der Waals surface area contributed by atoms with Gasteiger partial charge in [0.2, 0.25) is 0 Å². The second-order valence-corrected chi connectivity index (χ2v) is 15.3. The Hall–Kier alpha value is -8.04. The van der Waals surface area contributed by atoms with E-state index in [1.165, 1.54) is 48.8 Å². The number of benzene rings is 10. The Labute approximate surface area is 334 Å². The fourth-order valence-corrected chi connectivity index (χ4v) is 10.1. The van der Waals surface area contributed by atoms with Crippen molar-refractivity contribution in [2.24, 2.45) is 0 Å². The topological polar surface area (TPSA) is 47.6 Å². The number of nitrogens with zero attached hydrogens (tertiary/aromatic N) is 2. The van der Waals surface area contributed by atoms with Gasteiger partial charge in [0.1, 0.15) is 0 Å². The molecule has 0 saturated carbocycles. The highest BCUT2D eigenvalue weighted by Gasteiger charge is 2.28. The minimum absolute atomic E-state index is 0.628. The smallest absolute Gasteiger partial charge is 0.0998 e. The maximum atomic E-state index is 10.7. The quantitative estimate of drug-likeness (QED) is 0.169. The van der Waals surface area contributed by atoms with Gasteiger partial charge < -0.3 is 0 Å². The van der Waals surface area contributed by atoms with Crippen LogP contribution in [0.3, 0.4) is 0 Å². The van der Waals surface area contributed by atoms with Crippen LogP contribution in [0.15, 0.2) is 182 Å². The van der Waals surface area contributed by atoms with Crippen LogP contribution in [-0.4, -0.2) is 0 Å². The standard InChI is InChI=1S/C56H30N2/c57-31-36-15-4-6-19-39(36)52-49-30-48-42-22-9-8-21-41(42)44-24-12-25-45(51(44)48)53(49)54(40-20-7-5-16-37(40)32-58)56-46-26-11-23-43-38(27-28-47(50(43)46)55(52)56)35-18-10-17-34(29-35)33-13-2-1-3-14-33/h1-30H. The Balaban J connectivity index is 1.34. The minimum Gasteiger partial charge on any atom is -0.192 e. The summed E-state index contributed by atoms with van der Waals surface area (Å²) in [6.45, 7) is 0. The van der Waals surface area contributed by atoms with Gasteiger partial charge in [0.15, 0.2) is 0 Å². The first-order chi connectivity index (χ1) is 28.7. The molecule has 0 aliphatic carbocycles. The third-order valence-corrected chi connectivity index (χ3v) is 12.4. The van der Waals surface area contributed by atoms with Gasteiger partial charge in [0, 0.05) is 11.1 Å². The van der Waals surface area contributed by atoms with Crippen molar-refractivity contribution in [3.63, 3.8) is 0 Å². The van der Waals surface area contributed by atoms with Crippen LogP contribution in [0.2, 0.25) is 0 Å². The molecule has 0 unspecified atom stereocenters. The molecular weight excluding hydrogens is 701 g/mol. The minimum atomic E-state index is 0.628. The van der Waals surface area contributed by atoms with Crippen LogP contribution in [0.4, 0.5) is 0 Å². The Kier molecular flexibility index (Phi) is 6.80. The summed E-state index contributed by atoms with van der Waals surface area (Å²) >= 11 is 0. The number of hydrogen-bond acceptors (Lipinski definition) is 2. The van der Waals surface area contributed by atoms with Crippen molar-refractivity contribution in [3.8, 4) is 56.6 Å². The molecule has 0 atom stereocenters. The highest BCUT2D eigenvalue weighted by atomic mass is 14.3. The molecule has 0 radical (unpaired) electrons. The van der Waals surface area contributed by atoms with Crippen molar-refractivity contribution in [3.05, 3.63) is 193 Å². The molecule has 58 heavy (non-hydrogen) atoms. The molecule has 12 rings (SSSR count). The average molecular weight is 731 g/mol. The van der Waals surface area contributed by atoms with E-state index in [0.29, 0.717) is 11.1 Å². The maximum Gasteiger partial charge on any atom is 0.0998 e. The molecule has 0 amide bonds. The van der Waals surface area contributed by atoms with E-state index in [2.05, 4.69) is 158 Å². The van der Waals surface area contributed by atoms with Crippen molar-refractivity contribution in [1.82, 2.24) is 0 Å². The Morgan fingerprint density at radius 1 is 0.259 bits per heavy atom. The molecule has 12 aromatic rings. The first-order valence-electron chi connectivity index (χ1n) is 19.6. The molecular formula is C56H30N2. The van der Waals surface area contributed by atoms with Crippen LogP contribution < -0.4 is 0 Å². The summed E-state index contributed by atoms with van der Waals surface area (Å²) in [5.74, 6) is 0. The summed E-state index contributed by atoms with van der Waals surface area (Å²) in [7, 11) is 0. The SMILES string of the molecule is N#Cc1ccccc1-c1c2cc3c4ccccc4c4cccc(c2c(-c2ccccc2C#N)c2c5cccc6c(-c7cccc(-c8ccccc8)c7)ccc(c12)c65)c43. The van der Waals surface area contributed by atoms with Crippen LogP contribution in [0, 0.1) is 22.7 Å². The predicted molar refractivity (Wildman–Crippen MR) is 243 cm³/mol. The third kappa shape index (κ3) is 4.35. The summed E-state index contributed by atoms with van der Waals surface area (Å²) in [6, 6.07) is 69.5. The first kappa shape index (κ1) is 32.2. The van der Waals surface area contributed by atoms with E-state index in [-0.39, 0.29) is 0 Å². The zero-order valence-corrected chi connectivity index (χ0v) is 31.2. The Bertz CT molecular complexity index is 3750. The van der Waals surface area contributed by atoms with Gasteiger partial charge in [0.25, 0.3) is 0 Å². The molecule has 0 fully saturated rings. The Morgan fingerprint density at radius 3 is 1.50 bits per heavy atom. The van der Waals surface area contributed by atoms with E-state index in [4.69, 9.17) is 0 Å². The fourth-order valence-electron chi connectivity index (χ4n) is 10.1. The predicted octanol–water partition coefficient (Wildman–Crippen LogP) is 15.0. The normalized spacial score (nSPS) is 11.8. The van der Waals surface area contributed by atoms with Crippen LogP contribution >= 0.6 is 0 Å². The zero-order chi connectivity index (χ0) is 38.5. The summed E-state index contributed by atoms with van der Waals surface area (Å²) in [4.78, 5) is 0. The Morgan fingerprint density at radius 2 is 0.759 bits per heavy atom. The lowest BCUT2D eigenvalue weighted by molar-refractivity contribution is 1.48. The maximum absolute atomic E-state index is 10.7. The van der Waals surface area contributed by atoms with E-state index in [1.807, 2.05) is 36.4 Å². The second-order valence-electron chi connectivity index (χ2n) is 15.3. The first-order valence-corrected chi connectivity index (χ1v) is 19.6. The van der Waals surface area contributed by atoms with Gasteiger partial charge in [0.05, 0.1) is 23.3 Å². The van der Waals surface area contributed by atoms with Gasteiger partial charge in [-0.15, -0.1) is 0 Å². The number of rotatable bonds is 4. The highest BCUT2D eigenvalue weighted by molar-refractivity contribution is 6.45. The fraction of sp³-hybridized carbons (Fsp3) is 0. The van der Waals surface area contributed by atoms with Gasteiger partial charge in [-0.3, -0.25) is 0 Å². The van der Waals surface area contributed by atoms with Crippen molar-refractivity contribution in [2.75, 3.05) is 0 Å². The largest absolute Gasteiger partial charge is 0.192 e. The van der Waals surface area contributed by atoms with Crippen molar-refractivity contribution >= 4 is 75.4 Å². The molecule has 0 aliphatic heterocycles. The lowest BCUT2D eigenvalue weighted by Gasteiger charge is -2.20. The molecule has 2 heteroatoms. The van der Waals surface area contributed by atoms with E-state index >= 15 is 0 Å². The summed E-state index contributed by atoms with van der Waals surface area (Å²) < 4.78 is 0. The number of nitriles is 2. The number of hydrogen-bond donors (Lipinski definition) is 0. The van der Waals surface area contributed by atoms with Crippen molar-refractivity contribution in [1.29, 1.82) is 10.5 Å². The van der Waals surface area contributed by atoms with Crippen LogP contribution in [-0.2, 0) is 0 Å². The molecule has 12 aromatic carbocycles. The van der Waals surface area contributed by atoms with Gasteiger partial charge in [-0.1, -0.05) is 158 Å². The molecule has 0 saturated heterocycles. The van der Waals surface area contributed by atoms with Crippen molar-refractivity contribution in [2.45, 2.75) is 0 Å². The lowest BCUT2D eigenvalue weighted by Crippen LogP contribution is -1.94. The monoisotopic (exact) mass is 730 g/mol. The highest BCUT2D eigenvalue weighted by Crippen LogP contribution is 2.55. The molecule has 0 aliphatic rings. The van der Waals surface area contributed by atoms with E-state index < -0.39 is 0 Å². The number of fused-ring (bicyclic) bond motifs is 8. The van der Waals surface area contributed by atoms with E-state index in [9.17, 15) is 10.5 Å². The summed E-state index contributed by atoms with van der Waals surface area (Å²) in [5, 5.41) is 37.7. The molecule has 2 nitrogen and oxygen atoms in total. The summed E-state index contributed by atoms with van der Waals surface area (Å²) in [5.41, 5.74) is 9.84. The van der Waals surface area contributed by atoms with Crippen molar-refractivity contribution < 1.29 is 0 Å². The molecule has 0 bridgehead atoms. The molecule has 0 heterocycles. The van der Waals surface area contributed by atoms with E-state index in [0.717, 1.165) is 71.1 Å². The summed E-state index contributed by atoms with van der Waals surface area (Å²) in [6.07, 6.45) is 0. The molecule has 0 N–H and O–H groups in total. The molecule has 0 aromatic heterocycles. The molecule has 264 valence electrons. The second kappa shape index (κ2) is 12.2.